The van der Waals surface area contributed by atoms with Gasteiger partial charge >= 0.3 is 0 Å². The Balaban J connectivity index is 0.964. The Morgan fingerprint density at radius 2 is 1.11 bits per heavy atom. The monoisotopic (exact) mass is 831 g/mol. The average molecular weight is 832 g/mol. The average Bonchev–Trinajstić information content (AvgIpc) is 4.03. The number of para-hydroxylation sites is 3. The topological polar surface area (TPSA) is 61.7 Å². The second-order valence-corrected chi connectivity index (χ2v) is 17.1. The van der Waals surface area contributed by atoms with Gasteiger partial charge in [-0.25, -0.2) is 15.0 Å². The van der Waals surface area contributed by atoms with Gasteiger partial charge in [0.1, 0.15) is 11.2 Å². The third-order valence-corrected chi connectivity index (χ3v) is 13.4. The molecule has 0 aliphatic heterocycles. The smallest absolute Gasteiger partial charge is 0.167 e. The summed E-state index contributed by atoms with van der Waals surface area (Å²) < 4.78 is 11.7. The highest BCUT2D eigenvalue weighted by Gasteiger charge is 2.22. The summed E-state index contributed by atoms with van der Waals surface area (Å²) >= 11 is 0. The molecule has 6 heteroatoms. The van der Waals surface area contributed by atoms with Gasteiger partial charge in [-0.1, -0.05) is 127 Å². The summed E-state index contributed by atoms with van der Waals surface area (Å²) in [4.78, 5) is 15.6. The summed E-state index contributed by atoms with van der Waals surface area (Å²) in [5.41, 5.74) is 11.3. The number of rotatable bonds is 5. The summed E-state index contributed by atoms with van der Waals surface area (Å²) in [5, 5.41) is 11.6. The largest absolute Gasteiger partial charge is 0.455 e. The van der Waals surface area contributed by atoms with Crippen LogP contribution in [-0.4, -0.2) is 24.1 Å². The predicted octanol–water partition coefficient (Wildman–Crippen LogP) is 15.5. The standard InChI is InChI=1S/C59H37N5O/c1-3-14-37(15-4-1)57-60-58(40-27-30-52-48(33-40)43-20-9-11-24-50(43)63(52)41-18-5-2-6-19-41)62-59(61-57)46-23-13-22-45-55-47-35-42(29-26-36(47)28-31-54(55)65-56(45)46)64-51-25-12-10-21-44(51)49-32-38-16-7-8-17-39(38)34-53(49)64/h1-5,7-18,20-35H,6,19H2. The highest BCUT2D eigenvalue weighted by molar-refractivity contribution is 6.21. The van der Waals surface area contributed by atoms with Crippen LogP contribution in [-0.2, 0) is 0 Å². The zero-order valence-corrected chi connectivity index (χ0v) is 35.1. The molecule has 9 aromatic carbocycles. The summed E-state index contributed by atoms with van der Waals surface area (Å²) in [6.07, 6.45) is 8.66. The van der Waals surface area contributed by atoms with Crippen LogP contribution < -0.4 is 0 Å². The third-order valence-electron chi connectivity index (χ3n) is 13.4. The van der Waals surface area contributed by atoms with Gasteiger partial charge in [0.05, 0.1) is 27.6 Å². The third kappa shape index (κ3) is 5.50. The van der Waals surface area contributed by atoms with Crippen molar-refractivity contribution in [2.45, 2.75) is 12.8 Å². The molecule has 0 unspecified atom stereocenters. The van der Waals surface area contributed by atoms with E-state index in [0.717, 1.165) is 73.3 Å². The van der Waals surface area contributed by atoms with Gasteiger partial charge < -0.3 is 13.6 Å². The SMILES string of the molecule is C1=CCCC(n2c3ccccc3c3cc(-c4nc(-c5ccccc5)nc(-c5cccc6c5oc5ccc7ccc(-n8c9ccccc9c9cc%10ccccc%10cc98)cc7c56)n4)ccc32)=C1. The Kier molecular flexibility index (Phi) is 7.71. The minimum Gasteiger partial charge on any atom is -0.455 e. The maximum Gasteiger partial charge on any atom is 0.167 e. The molecule has 4 aromatic heterocycles. The number of furan rings is 1. The Bertz CT molecular complexity index is 4190. The van der Waals surface area contributed by atoms with E-state index in [-0.39, 0.29) is 0 Å². The zero-order valence-electron chi connectivity index (χ0n) is 35.1. The van der Waals surface area contributed by atoms with Crippen LogP contribution in [0.2, 0.25) is 0 Å². The Hall–Kier alpha value is -8.61. The lowest BCUT2D eigenvalue weighted by Gasteiger charge is -2.14. The van der Waals surface area contributed by atoms with E-state index in [1.807, 2.05) is 18.2 Å². The first kappa shape index (κ1) is 35.9. The fourth-order valence-corrected chi connectivity index (χ4v) is 10.4. The van der Waals surface area contributed by atoms with E-state index >= 15 is 0 Å². The molecule has 0 radical (unpaired) electrons. The van der Waals surface area contributed by atoms with E-state index in [4.69, 9.17) is 19.4 Å². The number of hydrogen-bond donors (Lipinski definition) is 0. The molecule has 1 aliphatic carbocycles. The van der Waals surface area contributed by atoms with Gasteiger partial charge in [0.15, 0.2) is 17.5 Å². The summed E-state index contributed by atoms with van der Waals surface area (Å²) in [5.74, 6) is 1.77. The molecule has 0 N–H and O–H groups in total. The fourth-order valence-electron chi connectivity index (χ4n) is 10.4. The maximum absolute atomic E-state index is 6.90. The lowest BCUT2D eigenvalue weighted by molar-refractivity contribution is 0.670. The number of fused-ring (bicyclic) bond motifs is 12. The molecular formula is C59H37N5O. The Morgan fingerprint density at radius 3 is 1.92 bits per heavy atom. The van der Waals surface area contributed by atoms with Gasteiger partial charge in [0.2, 0.25) is 0 Å². The molecule has 65 heavy (non-hydrogen) atoms. The van der Waals surface area contributed by atoms with Crippen molar-refractivity contribution in [1.29, 1.82) is 0 Å². The van der Waals surface area contributed by atoms with E-state index < -0.39 is 0 Å². The van der Waals surface area contributed by atoms with Gasteiger partial charge in [-0.05, 0) is 107 Å². The van der Waals surface area contributed by atoms with Crippen LogP contribution in [0.15, 0.2) is 205 Å². The molecule has 0 fully saturated rings. The lowest BCUT2D eigenvalue weighted by atomic mass is 10.0. The van der Waals surface area contributed by atoms with Gasteiger partial charge in [-0.2, -0.15) is 0 Å². The van der Waals surface area contributed by atoms with Gasteiger partial charge in [0, 0.05) is 54.8 Å². The Labute approximate surface area is 372 Å². The molecule has 0 saturated carbocycles. The van der Waals surface area contributed by atoms with Crippen LogP contribution in [0.5, 0.6) is 0 Å². The predicted molar refractivity (Wildman–Crippen MR) is 268 cm³/mol. The fraction of sp³-hybridized carbons (Fsp3) is 0.0339. The molecule has 1 aliphatic rings. The van der Waals surface area contributed by atoms with Crippen molar-refractivity contribution in [3.63, 3.8) is 0 Å². The van der Waals surface area contributed by atoms with Gasteiger partial charge in [0.25, 0.3) is 0 Å². The van der Waals surface area contributed by atoms with Gasteiger partial charge in [-0.3, -0.25) is 0 Å². The van der Waals surface area contributed by atoms with Crippen molar-refractivity contribution >= 4 is 92.8 Å². The van der Waals surface area contributed by atoms with Crippen LogP contribution in [0.3, 0.4) is 0 Å². The van der Waals surface area contributed by atoms with Crippen LogP contribution in [0.25, 0.3) is 133 Å². The van der Waals surface area contributed by atoms with E-state index in [0.29, 0.717) is 17.5 Å². The highest BCUT2D eigenvalue weighted by atomic mass is 16.3. The van der Waals surface area contributed by atoms with Crippen molar-refractivity contribution < 1.29 is 4.42 Å². The van der Waals surface area contributed by atoms with Crippen molar-refractivity contribution in [3.8, 4) is 39.9 Å². The molecule has 304 valence electrons. The molecule has 13 aromatic rings. The molecule has 0 spiro atoms. The molecule has 0 atom stereocenters. The number of benzene rings is 9. The first-order valence-electron chi connectivity index (χ1n) is 22.2. The van der Waals surface area contributed by atoms with Crippen molar-refractivity contribution in [2.75, 3.05) is 0 Å². The minimum atomic E-state index is 0.558. The molecule has 6 nitrogen and oxygen atoms in total. The molecule has 0 amide bonds. The van der Waals surface area contributed by atoms with E-state index in [1.165, 1.54) is 54.7 Å². The van der Waals surface area contributed by atoms with Gasteiger partial charge in [-0.15, -0.1) is 0 Å². The quantitative estimate of drug-likeness (QED) is 0.173. The van der Waals surface area contributed by atoms with E-state index in [9.17, 15) is 0 Å². The normalized spacial score (nSPS) is 13.1. The zero-order chi connectivity index (χ0) is 42.6. The van der Waals surface area contributed by atoms with Crippen molar-refractivity contribution in [2.24, 2.45) is 0 Å². The van der Waals surface area contributed by atoms with E-state index in [1.54, 1.807) is 0 Å². The summed E-state index contributed by atoms with van der Waals surface area (Å²) in [6.45, 7) is 0. The highest BCUT2D eigenvalue weighted by Crippen LogP contribution is 2.42. The molecule has 0 saturated heterocycles. The molecule has 14 rings (SSSR count). The van der Waals surface area contributed by atoms with Crippen LogP contribution in [0, 0.1) is 0 Å². The lowest BCUT2D eigenvalue weighted by Crippen LogP contribution is -2.01. The van der Waals surface area contributed by atoms with E-state index in [2.05, 4.69) is 191 Å². The van der Waals surface area contributed by atoms with Crippen molar-refractivity contribution in [1.82, 2.24) is 24.1 Å². The second kappa shape index (κ2) is 13.9. The maximum atomic E-state index is 6.90. The number of aromatic nitrogens is 5. The van der Waals surface area contributed by atoms with Crippen molar-refractivity contribution in [3.05, 3.63) is 200 Å². The van der Waals surface area contributed by atoms with Crippen LogP contribution in [0.4, 0.5) is 0 Å². The first-order chi connectivity index (χ1) is 32.2. The Morgan fingerprint density at radius 1 is 0.431 bits per heavy atom. The minimum absolute atomic E-state index is 0.558. The van der Waals surface area contributed by atoms with Crippen LogP contribution >= 0.6 is 0 Å². The number of hydrogen-bond acceptors (Lipinski definition) is 4. The summed E-state index contributed by atoms with van der Waals surface area (Å²) in [6, 6.07) is 64.8. The summed E-state index contributed by atoms with van der Waals surface area (Å²) in [7, 11) is 0. The van der Waals surface area contributed by atoms with Crippen LogP contribution in [0.1, 0.15) is 12.8 Å². The first-order valence-corrected chi connectivity index (χ1v) is 22.2. The molecule has 4 heterocycles. The molecular weight excluding hydrogens is 795 g/mol. The number of nitrogens with zero attached hydrogens (tertiary/aromatic N) is 5. The second-order valence-electron chi connectivity index (χ2n) is 17.1. The molecule has 0 bridgehead atoms. The number of allylic oxidation sites excluding steroid dienone is 4.